The topological polar surface area (TPSA) is 124 Å². The Morgan fingerprint density at radius 2 is 1.81 bits per heavy atom. The molecule has 4 atom stereocenters. The molecule has 7 heteroatoms. The average Bonchev–Trinajstić information content (AvgIpc) is 2.56. The van der Waals surface area contributed by atoms with Crippen LogP contribution in [0.2, 0.25) is 0 Å². The lowest BCUT2D eigenvalue weighted by Crippen LogP contribution is -2.33. The van der Waals surface area contributed by atoms with Crippen LogP contribution < -0.4 is 0 Å². The second-order valence-electron chi connectivity index (χ2n) is 6.26. The van der Waals surface area contributed by atoms with E-state index in [-0.39, 0.29) is 17.7 Å². The van der Waals surface area contributed by atoms with E-state index in [4.69, 9.17) is 4.74 Å². The number of aliphatic hydroxyl groups excluding tert-OH is 3. The van der Waals surface area contributed by atoms with Gasteiger partial charge in [-0.3, -0.25) is 4.79 Å². The molecule has 26 heavy (non-hydrogen) atoms. The van der Waals surface area contributed by atoms with Gasteiger partial charge >= 0.3 is 5.97 Å². The number of fused-ring (bicyclic) bond motifs is 1. The molecule has 4 N–H and O–H groups in total. The summed E-state index contributed by atoms with van der Waals surface area (Å²) in [6.45, 7) is 3.16. The zero-order valence-corrected chi connectivity index (χ0v) is 14.5. The zero-order valence-electron chi connectivity index (χ0n) is 14.5. The van der Waals surface area contributed by atoms with Crippen molar-refractivity contribution in [1.29, 1.82) is 0 Å². The van der Waals surface area contributed by atoms with Crippen LogP contribution in [-0.2, 0) is 9.53 Å². The fourth-order valence-electron chi connectivity index (χ4n) is 2.55. The van der Waals surface area contributed by atoms with Gasteiger partial charge in [-0.1, -0.05) is 18.2 Å². The van der Waals surface area contributed by atoms with Gasteiger partial charge in [-0.25, -0.2) is 4.79 Å². The lowest BCUT2D eigenvalue weighted by atomic mass is 10.00. The summed E-state index contributed by atoms with van der Waals surface area (Å²) in [4.78, 5) is 24.3. The van der Waals surface area contributed by atoms with Crippen LogP contribution in [0.5, 0.6) is 5.75 Å². The maximum absolute atomic E-state index is 12.4. The van der Waals surface area contributed by atoms with Crippen molar-refractivity contribution in [2.75, 3.05) is 0 Å². The predicted octanol–water partition coefficient (Wildman–Crippen LogP) is 0.871. The zero-order chi connectivity index (χ0) is 19.4. The first kappa shape index (κ1) is 19.8. The number of phenolic OH excluding ortho intramolecular Hbond substituents is 1. The van der Waals surface area contributed by atoms with Crippen molar-refractivity contribution in [2.24, 2.45) is 0 Å². The molecule has 0 radical (unpaired) electrons. The highest BCUT2D eigenvalue weighted by molar-refractivity contribution is 5.97. The van der Waals surface area contributed by atoms with Gasteiger partial charge in [0.15, 0.2) is 5.78 Å². The van der Waals surface area contributed by atoms with Crippen LogP contribution in [0.15, 0.2) is 30.4 Å². The van der Waals surface area contributed by atoms with E-state index in [1.807, 2.05) is 0 Å². The van der Waals surface area contributed by atoms with E-state index in [2.05, 4.69) is 0 Å². The first-order valence-electron chi connectivity index (χ1n) is 8.18. The highest BCUT2D eigenvalue weighted by Gasteiger charge is 2.25. The van der Waals surface area contributed by atoms with Gasteiger partial charge in [0, 0.05) is 0 Å². The molecule has 0 amide bonds. The first-order chi connectivity index (χ1) is 12.2. The molecule has 0 saturated carbocycles. The number of cyclic esters (lactones) is 1. The van der Waals surface area contributed by atoms with Crippen molar-refractivity contribution in [3.8, 4) is 5.75 Å². The van der Waals surface area contributed by atoms with E-state index in [1.54, 1.807) is 13.0 Å². The summed E-state index contributed by atoms with van der Waals surface area (Å²) in [5.41, 5.74) is 0.986. The van der Waals surface area contributed by atoms with Gasteiger partial charge in [0.1, 0.15) is 29.6 Å². The third-order valence-electron chi connectivity index (χ3n) is 4.06. The number of carbonyl (C=O) groups excluding carboxylic acids is 2. The molecule has 0 fully saturated rings. The molecule has 1 aromatic rings. The summed E-state index contributed by atoms with van der Waals surface area (Å²) in [5.74, 6) is -1.87. The van der Waals surface area contributed by atoms with Crippen molar-refractivity contribution in [1.82, 2.24) is 0 Å². The van der Waals surface area contributed by atoms with Crippen molar-refractivity contribution in [2.45, 2.75) is 44.7 Å². The SMILES string of the molecule is Cc1cc(O)c2c(c1)/C=C/C[C@H](O)[C@H](O)C(=O)/C=C\[C@H](O)[C@H](C)OC2=O. The number of ether oxygens (including phenoxy) is 1. The summed E-state index contributed by atoms with van der Waals surface area (Å²) in [5, 5.41) is 39.9. The largest absolute Gasteiger partial charge is 0.507 e. The van der Waals surface area contributed by atoms with Gasteiger partial charge in [-0.2, -0.15) is 0 Å². The Hall–Kier alpha value is -2.48. The number of hydrogen-bond donors (Lipinski definition) is 4. The molecule has 1 heterocycles. The van der Waals surface area contributed by atoms with E-state index in [1.165, 1.54) is 25.1 Å². The third-order valence-corrected chi connectivity index (χ3v) is 4.06. The Bertz CT molecular complexity index is 750. The fourth-order valence-corrected chi connectivity index (χ4v) is 2.55. The smallest absolute Gasteiger partial charge is 0.342 e. The molecule has 0 aliphatic carbocycles. The van der Waals surface area contributed by atoms with Crippen LogP contribution in [0.4, 0.5) is 0 Å². The molecule has 1 aliphatic heterocycles. The Kier molecular flexibility index (Phi) is 6.31. The molecule has 1 aromatic carbocycles. The molecule has 0 bridgehead atoms. The van der Waals surface area contributed by atoms with Crippen LogP contribution >= 0.6 is 0 Å². The summed E-state index contributed by atoms with van der Waals surface area (Å²) < 4.78 is 5.18. The van der Waals surface area contributed by atoms with E-state index >= 15 is 0 Å². The second kappa shape index (κ2) is 8.27. The molecule has 0 unspecified atom stereocenters. The number of ketones is 1. The van der Waals surface area contributed by atoms with Crippen molar-refractivity contribution in [3.05, 3.63) is 47.1 Å². The summed E-state index contributed by atoms with van der Waals surface area (Å²) >= 11 is 0. The van der Waals surface area contributed by atoms with Crippen LogP contribution in [0, 0.1) is 6.92 Å². The minimum Gasteiger partial charge on any atom is -0.507 e. The number of hydrogen-bond acceptors (Lipinski definition) is 7. The van der Waals surface area contributed by atoms with Crippen molar-refractivity contribution < 1.29 is 34.8 Å². The predicted molar refractivity (Wildman–Crippen MR) is 93.5 cm³/mol. The number of aromatic hydroxyl groups is 1. The van der Waals surface area contributed by atoms with Crippen LogP contribution in [0.3, 0.4) is 0 Å². The monoisotopic (exact) mass is 362 g/mol. The maximum Gasteiger partial charge on any atom is 0.342 e. The first-order valence-corrected chi connectivity index (χ1v) is 8.18. The Morgan fingerprint density at radius 1 is 1.12 bits per heavy atom. The van der Waals surface area contributed by atoms with Gasteiger partial charge in [-0.15, -0.1) is 0 Å². The van der Waals surface area contributed by atoms with Gasteiger partial charge in [0.2, 0.25) is 0 Å². The minimum absolute atomic E-state index is 0.0527. The van der Waals surface area contributed by atoms with E-state index in [0.717, 1.165) is 12.2 Å². The fraction of sp³-hybridized carbons (Fsp3) is 0.368. The van der Waals surface area contributed by atoms with Gasteiger partial charge < -0.3 is 25.2 Å². The van der Waals surface area contributed by atoms with Crippen molar-refractivity contribution in [3.63, 3.8) is 0 Å². The summed E-state index contributed by atoms with van der Waals surface area (Å²) in [7, 11) is 0. The van der Waals surface area contributed by atoms with Gasteiger partial charge in [0.05, 0.1) is 6.10 Å². The quantitative estimate of drug-likeness (QED) is 0.505. The van der Waals surface area contributed by atoms with E-state index in [9.17, 15) is 30.0 Å². The molecule has 2 rings (SSSR count). The number of aliphatic hydroxyl groups is 3. The average molecular weight is 362 g/mol. The number of phenols is 1. The Labute approximate surface area is 150 Å². The Morgan fingerprint density at radius 3 is 2.50 bits per heavy atom. The Balaban J connectivity index is 2.48. The minimum atomic E-state index is -1.64. The molecule has 0 spiro atoms. The highest BCUT2D eigenvalue weighted by atomic mass is 16.6. The summed E-state index contributed by atoms with van der Waals surface area (Å²) in [6.07, 6.45) is -0.365. The standard InChI is InChI=1S/C19H22O7/c1-10-8-12-4-3-5-14(21)18(24)15(22)7-6-13(20)11(2)26-19(25)17(12)16(23)9-10/h3-4,6-9,11,13-14,18,20-21,23-24H,5H2,1-2H3/b4-3+,7-6-/t11-,13-,14-,18-/m0/s1. The summed E-state index contributed by atoms with van der Waals surface area (Å²) in [6, 6.07) is 3.06. The molecule has 7 nitrogen and oxygen atoms in total. The molecular weight excluding hydrogens is 340 g/mol. The van der Waals surface area contributed by atoms with E-state index in [0.29, 0.717) is 11.1 Å². The van der Waals surface area contributed by atoms with Crippen LogP contribution in [0.25, 0.3) is 6.08 Å². The van der Waals surface area contributed by atoms with Gasteiger partial charge in [0.25, 0.3) is 0 Å². The van der Waals surface area contributed by atoms with Crippen molar-refractivity contribution >= 4 is 17.8 Å². The van der Waals surface area contributed by atoms with Crippen LogP contribution in [0.1, 0.15) is 34.8 Å². The second-order valence-corrected chi connectivity index (χ2v) is 6.26. The number of benzene rings is 1. The molecule has 1 aliphatic rings. The normalized spacial score (nSPS) is 30.0. The lowest BCUT2D eigenvalue weighted by Gasteiger charge is -2.19. The number of aryl methyl sites for hydroxylation is 1. The number of esters is 1. The number of rotatable bonds is 0. The molecule has 140 valence electrons. The lowest BCUT2D eigenvalue weighted by molar-refractivity contribution is -0.127. The molecular formula is C19H22O7. The maximum atomic E-state index is 12.4. The third kappa shape index (κ3) is 4.57. The van der Waals surface area contributed by atoms with E-state index < -0.39 is 36.2 Å². The highest BCUT2D eigenvalue weighted by Crippen LogP contribution is 2.27. The molecule has 0 saturated heterocycles. The number of carbonyl (C=O) groups is 2. The van der Waals surface area contributed by atoms with Gasteiger partial charge in [-0.05, 0) is 49.6 Å². The van der Waals surface area contributed by atoms with Crippen LogP contribution in [-0.4, -0.2) is 56.6 Å². The molecule has 0 aromatic heterocycles.